The molecule has 1 aliphatic carbocycles. The fourth-order valence-electron chi connectivity index (χ4n) is 13.3. The second-order valence-corrected chi connectivity index (χ2v) is 29.5. The van der Waals surface area contributed by atoms with Gasteiger partial charge in [0.15, 0.2) is 12.1 Å². The van der Waals surface area contributed by atoms with Crippen molar-refractivity contribution in [1.82, 2.24) is 4.90 Å². The fourth-order valence-corrected chi connectivity index (χ4v) is 18.7. The number of carbonyl (C=O) groups is 2. The minimum Gasteiger partial charge on any atom is -0.497 e. The normalized spacial score (nSPS) is 25.4. The van der Waals surface area contributed by atoms with E-state index in [0.717, 1.165) is 53.6 Å². The van der Waals surface area contributed by atoms with Crippen LogP contribution in [-0.4, -0.2) is 125 Å². The van der Waals surface area contributed by atoms with Crippen LogP contribution in [-0.2, 0) is 55.5 Å². The van der Waals surface area contributed by atoms with Crippen LogP contribution in [0.15, 0.2) is 194 Å². The lowest BCUT2D eigenvalue weighted by atomic mass is 9.90. The van der Waals surface area contributed by atoms with Gasteiger partial charge in [0.25, 0.3) is 20.1 Å². The van der Waals surface area contributed by atoms with Gasteiger partial charge in [-0.25, -0.2) is 0 Å². The number of nitrogens with zero attached hydrogens (tertiary/aromatic N) is 1. The number of imide groups is 1. The summed E-state index contributed by atoms with van der Waals surface area (Å²) in [5.74, 6) is -0.324. The first-order valence-corrected chi connectivity index (χ1v) is 34.0. The highest BCUT2D eigenvalue weighted by atomic mass is 32.2. The van der Waals surface area contributed by atoms with Gasteiger partial charge in [-0.3, -0.25) is 14.5 Å². The first-order chi connectivity index (χ1) is 43.4. The molecule has 5 aliphatic rings. The molecular weight excluding hydrogens is 1160 g/mol. The molecule has 466 valence electrons. The van der Waals surface area contributed by atoms with E-state index in [0.29, 0.717) is 29.4 Å². The lowest BCUT2D eigenvalue weighted by Gasteiger charge is -2.56. The first kappa shape index (κ1) is 62.5. The highest BCUT2D eigenvalue weighted by Crippen LogP contribution is 2.48. The third-order valence-electron chi connectivity index (χ3n) is 17.7. The van der Waals surface area contributed by atoms with Gasteiger partial charge >= 0.3 is 0 Å². The van der Waals surface area contributed by atoms with E-state index in [4.69, 9.17) is 56.5 Å². The molecule has 17 heteroatoms. The molecule has 7 aromatic carbocycles. The number of rotatable bonds is 22. The van der Waals surface area contributed by atoms with Crippen molar-refractivity contribution in [3.05, 3.63) is 222 Å². The average molecular weight is 1240 g/mol. The zero-order valence-electron chi connectivity index (χ0n) is 51.3. The Hall–Kier alpha value is -6.71. The van der Waals surface area contributed by atoms with Crippen LogP contribution in [0.1, 0.15) is 96.6 Å². The minimum absolute atomic E-state index is 0.0373. The third-order valence-corrected chi connectivity index (χ3v) is 23.6. The monoisotopic (exact) mass is 1240 g/mol. The van der Waals surface area contributed by atoms with Crippen LogP contribution in [0.3, 0.4) is 0 Å². The topological polar surface area (TPSA) is 148 Å². The smallest absolute Gasteiger partial charge is 0.262 e. The van der Waals surface area contributed by atoms with Crippen molar-refractivity contribution in [2.45, 2.75) is 144 Å². The van der Waals surface area contributed by atoms with Crippen LogP contribution in [0.4, 0.5) is 0 Å². The maximum Gasteiger partial charge on any atom is 0.262 e. The molecule has 1 unspecified atom stereocenters. The Bertz CT molecular complexity index is 3360. The van der Waals surface area contributed by atoms with Gasteiger partial charge in [-0.1, -0.05) is 173 Å². The van der Waals surface area contributed by atoms with Crippen molar-refractivity contribution in [2.75, 3.05) is 33.7 Å². The zero-order valence-corrected chi connectivity index (χ0v) is 53.1. The van der Waals surface area contributed by atoms with Gasteiger partial charge in [0.1, 0.15) is 71.5 Å². The summed E-state index contributed by atoms with van der Waals surface area (Å²) in [6.07, 6.45) is -2.43. The molecule has 12 rings (SSSR count). The van der Waals surface area contributed by atoms with E-state index in [2.05, 4.69) is 69.3 Å². The molecule has 11 atom stereocenters. The second kappa shape index (κ2) is 27.8. The number of hydrogen-bond acceptors (Lipinski definition) is 15. The van der Waals surface area contributed by atoms with Crippen molar-refractivity contribution in [3.63, 3.8) is 0 Å². The summed E-state index contributed by atoms with van der Waals surface area (Å²) in [5, 5.41) is 1.72. The molecule has 0 aromatic heterocycles. The summed E-state index contributed by atoms with van der Waals surface area (Å²) in [6, 6.07) is 60.9. The van der Waals surface area contributed by atoms with Gasteiger partial charge in [0, 0.05) is 18.4 Å². The number of methoxy groups -OCH3 is 2. The van der Waals surface area contributed by atoms with Crippen LogP contribution in [0.2, 0.25) is 5.04 Å². The van der Waals surface area contributed by atoms with Crippen molar-refractivity contribution < 1.29 is 66.1 Å². The Morgan fingerprint density at radius 2 is 1.13 bits per heavy atom. The van der Waals surface area contributed by atoms with Crippen molar-refractivity contribution in [2.24, 2.45) is 0 Å². The summed E-state index contributed by atoms with van der Waals surface area (Å²) >= 11 is 1.51. The number of fused-ring (bicyclic) bond motifs is 2. The quantitative estimate of drug-likeness (QED) is 0.0360. The highest BCUT2D eigenvalue weighted by Gasteiger charge is 2.62. The van der Waals surface area contributed by atoms with Gasteiger partial charge in [0.05, 0.1) is 51.8 Å². The van der Waals surface area contributed by atoms with E-state index >= 15 is 9.59 Å². The Balaban J connectivity index is 1.02. The molecule has 3 saturated heterocycles. The number of carbonyl (C=O) groups excluding carboxylic acids is 2. The summed E-state index contributed by atoms with van der Waals surface area (Å²) < 4.78 is 85.0. The van der Waals surface area contributed by atoms with Crippen LogP contribution < -0.4 is 24.6 Å². The van der Waals surface area contributed by atoms with Gasteiger partial charge in [-0.05, 0) is 94.2 Å². The van der Waals surface area contributed by atoms with E-state index in [1.165, 1.54) is 16.7 Å². The van der Waals surface area contributed by atoms with E-state index in [-0.39, 0.29) is 30.9 Å². The SMILES string of the molecule is COc1ccc(O[C@@H]2O[C@H](COCc3ccccc3)[C@@H](OC(O[C@H]3[C@@H](O[Si](c4ccccc4)(c4ccccc4)C(C)(C)C)[C@@H]4OC5(CCCCC5)OC[C@H]4O[C@@H]3SC)c3ccc(OC)cc3)[C@H](OCc3ccccc3)[C@H]2N2C(=O)c3ccccc3C2=O)cc1. The van der Waals surface area contributed by atoms with E-state index in [9.17, 15) is 0 Å². The molecule has 0 N–H and O–H groups in total. The molecule has 1 spiro atoms. The largest absolute Gasteiger partial charge is 0.497 e. The van der Waals surface area contributed by atoms with Gasteiger partial charge in [0.2, 0.25) is 6.29 Å². The number of benzene rings is 7. The summed E-state index contributed by atoms with van der Waals surface area (Å²) in [7, 11) is -0.222. The van der Waals surface area contributed by atoms with Gasteiger partial charge in [-0.15, -0.1) is 11.8 Å². The third kappa shape index (κ3) is 13.3. The van der Waals surface area contributed by atoms with Crippen LogP contribution >= 0.6 is 11.8 Å². The molecule has 7 aromatic rings. The molecular formula is C72H79NO14SSi. The van der Waals surface area contributed by atoms with E-state index < -0.39 is 97.7 Å². The highest BCUT2D eigenvalue weighted by molar-refractivity contribution is 7.99. The second-order valence-electron chi connectivity index (χ2n) is 24.3. The van der Waals surface area contributed by atoms with Crippen LogP contribution in [0.5, 0.6) is 17.2 Å². The summed E-state index contributed by atoms with van der Waals surface area (Å²) in [4.78, 5) is 31.6. The maximum absolute atomic E-state index is 15.2. The Labute approximate surface area is 527 Å². The standard InChI is InChI=1S/C72H79NO14SSi/c1-71(2,3)89(54-28-16-9-17-29-54,55-30-18-10-19-31-55)87-64-62-59(47-80-72(86-62)42-22-11-23-43-72)83-70(88-6)65(64)85-68(50-34-36-51(76-4)37-35-50)84-61-58(46-78-44-48-24-12-7-13-25-48)82-69(81-53-40-38-52(77-5)39-41-53)60(63(61)79-45-49-26-14-8-15-27-49)73-66(74)56-32-20-21-33-57(56)67(73)75/h7-10,12-21,24-41,58-65,68-70H,11,22-23,42-47H2,1-6H3/t58-,59-,60-,61-,62-,63-,64+,65+,68?,69-,70-/m1/s1. The van der Waals surface area contributed by atoms with Gasteiger partial charge < -0.3 is 56.5 Å². The molecule has 4 heterocycles. The van der Waals surface area contributed by atoms with Crippen molar-refractivity contribution >= 4 is 42.3 Å². The van der Waals surface area contributed by atoms with E-state index in [1.807, 2.05) is 103 Å². The van der Waals surface area contributed by atoms with Crippen molar-refractivity contribution in [1.29, 1.82) is 0 Å². The predicted octanol–water partition coefficient (Wildman–Crippen LogP) is 11.9. The molecule has 0 radical (unpaired) electrons. The minimum atomic E-state index is -3.43. The Morgan fingerprint density at radius 3 is 1.70 bits per heavy atom. The van der Waals surface area contributed by atoms with E-state index in [1.54, 1.807) is 62.8 Å². The number of hydrogen-bond donors (Lipinski definition) is 0. The van der Waals surface area contributed by atoms with Crippen molar-refractivity contribution in [3.8, 4) is 17.2 Å². The number of amides is 2. The van der Waals surface area contributed by atoms with Crippen LogP contribution in [0.25, 0.3) is 0 Å². The maximum atomic E-state index is 15.2. The lowest BCUT2D eigenvalue weighted by Crippen LogP contribution is -2.73. The summed E-state index contributed by atoms with van der Waals surface area (Å²) in [6.45, 7) is 7.30. The fraction of sp³-hybridized carbons (Fsp3) is 0.389. The molecule has 15 nitrogen and oxygen atoms in total. The number of ether oxygens (including phenoxy) is 11. The molecule has 89 heavy (non-hydrogen) atoms. The predicted molar refractivity (Wildman–Crippen MR) is 341 cm³/mol. The Morgan fingerprint density at radius 1 is 0.607 bits per heavy atom. The first-order valence-electron chi connectivity index (χ1n) is 30.8. The van der Waals surface area contributed by atoms with Gasteiger partial charge in [-0.2, -0.15) is 0 Å². The molecule has 0 bridgehead atoms. The summed E-state index contributed by atoms with van der Waals surface area (Å²) in [5.41, 5.74) is 2.18. The molecule has 4 aliphatic heterocycles. The lowest BCUT2D eigenvalue weighted by molar-refractivity contribution is -0.379. The molecule has 2 amide bonds. The number of thioether (sulfide) groups is 1. The van der Waals surface area contributed by atoms with Crippen LogP contribution in [0, 0.1) is 0 Å². The Kier molecular flexibility index (Phi) is 19.5. The average Bonchev–Trinajstić information content (AvgIpc) is 1.72. The zero-order chi connectivity index (χ0) is 61.5. The molecule has 1 saturated carbocycles. The molecule has 4 fully saturated rings.